The summed E-state index contributed by atoms with van der Waals surface area (Å²) in [5, 5.41) is 5.62. The Balaban J connectivity index is 1.70. The molecule has 1 atom stereocenters. The number of amides is 1. The van der Waals surface area contributed by atoms with E-state index in [1.165, 1.54) is 13.8 Å². The molecule has 0 saturated heterocycles. The summed E-state index contributed by atoms with van der Waals surface area (Å²) in [7, 11) is 0. The molecular formula is C16H15ClF3N3O3. The molecule has 1 aliphatic rings. The number of hydrogen-bond acceptors (Lipinski definition) is 4. The minimum absolute atomic E-state index is 0.0738. The molecule has 2 heterocycles. The van der Waals surface area contributed by atoms with Crippen molar-refractivity contribution in [3.8, 4) is 11.5 Å². The van der Waals surface area contributed by atoms with Crippen molar-refractivity contribution in [2.45, 2.75) is 32.6 Å². The van der Waals surface area contributed by atoms with E-state index in [1.807, 2.05) is 0 Å². The van der Waals surface area contributed by atoms with Crippen LogP contribution in [-0.2, 0) is 17.5 Å². The van der Waals surface area contributed by atoms with Gasteiger partial charge in [0.05, 0.1) is 10.7 Å². The van der Waals surface area contributed by atoms with Gasteiger partial charge in [-0.25, -0.2) is 0 Å². The van der Waals surface area contributed by atoms with Crippen LogP contribution in [0.15, 0.2) is 18.2 Å². The molecule has 0 bridgehead atoms. The van der Waals surface area contributed by atoms with Crippen molar-refractivity contribution < 1.29 is 27.4 Å². The van der Waals surface area contributed by atoms with Crippen LogP contribution in [-0.4, -0.2) is 22.5 Å². The Bertz CT molecular complexity index is 851. The number of halogens is 4. The summed E-state index contributed by atoms with van der Waals surface area (Å²) in [5.74, 6) is 0.711. The van der Waals surface area contributed by atoms with Gasteiger partial charge in [0.25, 0.3) is 0 Å². The Morgan fingerprint density at radius 3 is 2.73 bits per heavy atom. The molecular weight excluding hydrogens is 375 g/mol. The smallest absolute Gasteiger partial charge is 0.436 e. The van der Waals surface area contributed by atoms with Crippen LogP contribution in [0.3, 0.4) is 0 Å². The Morgan fingerprint density at radius 1 is 1.38 bits per heavy atom. The maximum absolute atomic E-state index is 12.9. The van der Waals surface area contributed by atoms with Gasteiger partial charge in [-0.1, -0.05) is 17.7 Å². The Hall–Kier alpha value is -2.42. The Labute approximate surface area is 151 Å². The van der Waals surface area contributed by atoms with E-state index in [1.54, 1.807) is 18.2 Å². The van der Waals surface area contributed by atoms with E-state index in [-0.39, 0.29) is 19.0 Å². The van der Waals surface area contributed by atoms with Crippen LogP contribution in [0, 0.1) is 6.92 Å². The zero-order valence-electron chi connectivity index (χ0n) is 13.9. The number of aromatic nitrogens is 2. The molecule has 1 aromatic carbocycles. The summed E-state index contributed by atoms with van der Waals surface area (Å²) >= 11 is 5.71. The molecule has 0 spiro atoms. The van der Waals surface area contributed by atoms with Crippen LogP contribution in [0.1, 0.15) is 29.9 Å². The van der Waals surface area contributed by atoms with Gasteiger partial charge in [-0.05, 0) is 31.5 Å². The lowest BCUT2D eigenvalue weighted by Crippen LogP contribution is -2.31. The molecule has 0 fully saturated rings. The highest BCUT2D eigenvalue weighted by Crippen LogP contribution is 2.36. The first-order chi connectivity index (χ1) is 12.2. The minimum Gasteiger partial charge on any atom is -0.454 e. The number of carbonyl (C=O) groups is 1. The van der Waals surface area contributed by atoms with Gasteiger partial charge < -0.3 is 14.8 Å². The van der Waals surface area contributed by atoms with Crippen molar-refractivity contribution >= 4 is 17.5 Å². The Morgan fingerprint density at radius 2 is 2.08 bits per heavy atom. The quantitative estimate of drug-likeness (QED) is 0.869. The zero-order chi connectivity index (χ0) is 19.1. The number of hydrogen-bond donors (Lipinski definition) is 1. The number of alkyl halides is 3. The fourth-order valence-corrected chi connectivity index (χ4v) is 2.79. The van der Waals surface area contributed by atoms with E-state index in [0.717, 1.165) is 10.2 Å². The van der Waals surface area contributed by atoms with E-state index in [0.29, 0.717) is 11.5 Å². The first kappa shape index (κ1) is 18.4. The molecule has 0 unspecified atom stereocenters. The van der Waals surface area contributed by atoms with Crippen molar-refractivity contribution in [3.05, 3.63) is 40.2 Å². The lowest BCUT2D eigenvalue weighted by molar-refractivity contribution is -0.141. The SMILES string of the molecule is Cc1c(Cl)c(C(F)(F)F)nn1[C@@H](C)C(=O)NCc1ccc2c(c1)OCO2. The van der Waals surface area contributed by atoms with Crippen molar-refractivity contribution in [1.82, 2.24) is 15.1 Å². The number of nitrogens with zero attached hydrogens (tertiary/aromatic N) is 2. The topological polar surface area (TPSA) is 65.4 Å². The molecule has 140 valence electrons. The first-order valence-electron chi connectivity index (χ1n) is 7.66. The number of fused-ring (bicyclic) bond motifs is 1. The van der Waals surface area contributed by atoms with E-state index >= 15 is 0 Å². The molecule has 0 saturated carbocycles. The molecule has 1 amide bonds. The van der Waals surface area contributed by atoms with Crippen LogP contribution < -0.4 is 14.8 Å². The molecule has 1 N–H and O–H groups in total. The van der Waals surface area contributed by atoms with Gasteiger partial charge >= 0.3 is 6.18 Å². The third kappa shape index (κ3) is 3.44. The zero-order valence-corrected chi connectivity index (χ0v) is 14.6. The number of carbonyl (C=O) groups excluding carboxylic acids is 1. The monoisotopic (exact) mass is 389 g/mol. The molecule has 10 heteroatoms. The van der Waals surface area contributed by atoms with Gasteiger partial charge in [0.2, 0.25) is 12.7 Å². The van der Waals surface area contributed by atoms with Crippen LogP contribution in [0.25, 0.3) is 0 Å². The van der Waals surface area contributed by atoms with Crippen molar-refractivity contribution in [2.24, 2.45) is 0 Å². The fourth-order valence-electron chi connectivity index (χ4n) is 2.56. The highest BCUT2D eigenvalue weighted by molar-refractivity contribution is 6.32. The van der Waals surface area contributed by atoms with Crippen molar-refractivity contribution in [1.29, 1.82) is 0 Å². The molecule has 0 aliphatic carbocycles. The molecule has 6 nitrogen and oxygen atoms in total. The fraction of sp³-hybridized carbons (Fsp3) is 0.375. The van der Waals surface area contributed by atoms with Crippen LogP contribution >= 0.6 is 11.6 Å². The van der Waals surface area contributed by atoms with Gasteiger partial charge in [0.1, 0.15) is 6.04 Å². The molecule has 1 aliphatic heterocycles. The van der Waals surface area contributed by atoms with Gasteiger partial charge in [0.15, 0.2) is 17.2 Å². The summed E-state index contributed by atoms with van der Waals surface area (Å²) in [4.78, 5) is 12.3. The number of rotatable bonds is 4. The molecule has 3 rings (SSSR count). The lowest BCUT2D eigenvalue weighted by atomic mass is 10.2. The second-order valence-corrected chi connectivity index (χ2v) is 6.15. The lowest BCUT2D eigenvalue weighted by Gasteiger charge is -2.14. The van der Waals surface area contributed by atoms with E-state index < -0.39 is 28.8 Å². The predicted molar refractivity (Wildman–Crippen MR) is 86.1 cm³/mol. The summed E-state index contributed by atoms with van der Waals surface area (Å²) in [5.41, 5.74) is -0.363. The van der Waals surface area contributed by atoms with Gasteiger partial charge in [-0.2, -0.15) is 18.3 Å². The van der Waals surface area contributed by atoms with Crippen LogP contribution in [0.4, 0.5) is 13.2 Å². The van der Waals surface area contributed by atoms with Crippen LogP contribution in [0.2, 0.25) is 5.02 Å². The van der Waals surface area contributed by atoms with Gasteiger partial charge in [-0.3, -0.25) is 9.48 Å². The minimum atomic E-state index is -4.68. The maximum Gasteiger partial charge on any atom is 0.436 e. The molecule has 26 heavy (non-hydrogen) atoms. The average molecular weight is 390 g/mol. The highest BCUT2D eigenvalue weighted by atomic mass is 35.5. The van der Waals surface area contributed by atoms with E-state index in [2.05, 4.69) is 10.4 Å². The predicted octanol–water partition coefficient (Wildman–Crippen LogP) is 3.47. The molecule has 2 aromatic rings. The second-order valence-electron chi connectivity index (χ2n) is 5.77. The third-order valence-electron chi connectivity index (χ3n) is 4.00. The van der Waals surface area contributed by atoms with Gasteiger partial charge in [-0.15, -0.1) is 0 Å². The van der Waals surface area contributed by atoms with Crippen molar-refractivity contribution in [2.75, 3.05) is 6.79 Å². The van der Waals surface area contributed by atoms with Gasteiger partial charge in [0, 0.05) is 6.54 Å². The summed E-state index contributed by atoms with van der Waals surface area (Å²) in [6.45, 7) is 3.15. The standard InChI is InChI=1S/C16H15ClF3N3O3/c1-8-13(17)14(16(18,19)20)22-23(8)9(2)15(24)21-6-10-3-4-11-12(5-10)26-7-25-11/h3-5,9H,6-7H2,1-2H3,(H,21,24)/t9-/m0/s1. The van der Waals surface area contributed by atoms with E-state index in [9.17, 15) is 18.0 Å². The van der Waals surface area contributed by atoms with E-state index in [4.69, 9.17) is 21.1 Å². The normalized spacial score (nSPS) is 14.4. The average Bonchev–Trinajstić information content (AvgIpc) is 3.16. The second kappa shape index (κ2) is 6.71. The highest BCUT2D eigenvalue weighted by Gasteiger charge is 2.39. The third-order valence-corrected chi connectivity index (χ3v) is 4.45. The number of nitrogens with one attached hydrogen (secondary N) is 1. The largest absolute Gasteiger partial charge is 0.454 e. The van der Waals surface area contributed by atoms with Crippen LogP contribution in [0.5, 0.6) is 11.5 Å². The molecule has 0 radical (unpaired) electrons. The summed E-state index contributed by atoms with van der Waals surface area (Å²) < 4.78 is 50.1. The maximum atomic E-state index is 12.9. The van der Waals surface area contributed by atoms with Crippen molar-refractivity contribution in [3.63, 3.8) is 0 Å². The summed E-state index contributed by atoms with van der Waals surface area (Å²) in [6, 6.07) is 4.25. The number of benzene rings is 1. The first-order valence-corrected chi connectivity index (χ1v) is 8.04. The summed E-state index contributed by atoms with van der Waals surface area (Å²) in [6.07, 6.45) is -4.68. The number of ether oxygens (including phenoxy) is 2. The molecule has 1 aromatic heterocycles. The Kier molecular flexibility index (Phi) is 4.74.